The number of halogens is 4. The molecule has 0 unspecified atom stereocenters. The quantitative estimate of drug-likeness (QED) is 0.633. The summed E-state index contributed by atoms with van der Waals surface area (Å²) in [6, 6.07) is 3.59. The van der Waals surface area contributed by atoms with E-state index in [4.69, 9.17) is 0 Å². The van der Waals surface area contributed by atoms with E-state index >= 15 is 0 Å². The van der Waals surface area contributed by atoms with Crippen molar-refractivity contribution in [2.24, 2.45) is 0 Å². The highest BCUT2D eigenvalue weighted by atomic mass is 19.3. The Bertz CT molecular complexity index is 274. The van der Waals surface area contributed by atoms with Crippen LogP contribution in [0, 0.1) is 17.7 Å². The molecule has 0 aromatic heterocycles. The standard InChI is InChI=1S/C7H3F4O/c8-4-2-1-3-5(6(4)9)12-7(10)11/h2-3,7H. The van der Waals surface area contributed by atoms with Gasteiger partial charge in [-0.25, -0.2) is 4.39 Å². The van der Waals surface area contributed by atoms with Crippen LogP contribution in [0.15, 0.2) is 12.1 Å². The maximum Gasteiger partial charge on any atom is 0.387 e. The number of ether oxygens (including phenoxy) is 1. The van der Waals surface area contributed by atoms with E-state index in [0.29, 0.717) is 6.07 Å². The molecule has 0 bridgehead atoms. The van der Waals surface area contributed by atoms with Gasteiger partial charge in [0.15, 0.2) is 11.6 Å². The van der Waals surface area contributed by atoms with Crippen molar-refractivity contribution in [2.45, 2.75) is 6.61 Å². The van der Waals surface area contributed by atoms with Crippen LogP contribution in [0.4, 0.5) is 17.6 Å². The predicted octanol–water partition coefficient (Wildman–Crippen LogP) is 2.37. The summed E-state index contributed by atoms with van der Waals surface area (Å²) in [4.78, 5) is 0. The van der Waals surface area contributed by atoms with Gasteiger partial charge < -0.3 is 4.74 Å². The van der Waals surface area contributed by atoms with Gasteiger partial charge >= 0.3 is 6.61 Å². The highest BCUT2D eigenvalue weighted by molar-refractivity contribution is 5.24. The first-order chi connectivity index (χ1) is 5.61. The van der Waals surface area contributed by atoms with Crippen molar-refractivity contribution in [1.29, 1.82) is 0 Å². The van der Waals surface area contributed by atoms with E-state index in [1.54, 1.807) is 0 Å². The summed E-state index contributed by atoms with van der Waals surface area (Å²) in [6.45, 7) is -3.17. The Morgan fingerprint density at radius 3 is 2.50 bits per heavy atom. The van der Waals surface area contributed by atoms with E-state index in [1.807, 2.05) is 0 Å². The Morgan fingerprint density at radius 2 is 1.92 bits per heavy atom. The van der Waals surface area contributed by atoms with Gasteiger partial charge in [-0.1, -0.05) is 0 Å². The Balaban J connectivity index is 2.92. The summed E-state index contributed by atoms with van der Waals surface area (Å²) >= 11 is 0. The summed E-state index contributed by atoms with van der Waals surface area (Å²) in [5.74, 6) is -3.55. The molecule has 12 heavy (non-hydrogen) atoms. The molecule has 0 fully saturated rings. The van der Waals surface area contributed by atoms with Gasteiger partial charge in [-0.05, 0) is 18.2 Å². The summed E-state index contributed by atoms with van der Waals surface area (Å²) in [5, 5.41) is 0. The molecule has 0 aliphatic carbocycles. The molecule has 0 atom stereocenters. The average Bonchev–Trinajstić information content (AvgIpc) is 1.98. The summed E-state index contributed by atoms with van der Waals surface area (Å²) in [5.41, 5.74) is 0. The third kappa shape index (κ3) is 1.87. The first-order valence-corrected chi connectivity index (χ1v) is 2.91. The predicted molar refractivity (Wildman–Crippen MR) is 31.8 cm³/mol. The fourth-order valence-corrected chi connectivity index (χ4v) is 0.617. The van der Waals surface area contributed by atoms with E-state index in [9.17, 15) is 17.6 Å². The molecule has 1 aromatic rings. The lowest BCUT2D eigenvalue weighted by molar-refractivity contribution is -0.0525. The minimum atomic E-state index is -3.17. The molecule has 0 aliphatic rings. The Labute approximate surface area is 65.6 Å². The second-order valence-corrected chi connectivity index (χ2v) is 1.86. The second kappa shape index (κ2) is 3.42. The normalized spacial score (nSPS) is 10.4. The fraction of sp³-hybridized carbons (Fsp3) is 0.143. The monoisotopic (exact) mass is 179 g/mol. The molecule has 1 aromatic carbocycles. The molecule has 5 heteroatoms. The van der Waals surface area contributed by atoms with Crippen LogP contribution < -0.4 is 4.74 Å². The molecule has 0 N–H and O–H groups in total. The van der Waals surface area contributed by atoms with E-state index < -0.39 is 24.0 Å². The van der Waals surface area contributed by atoms with Crippen LogP contribution in [0.1, 0.15) is 0 Å². The second-order valence-electron chi connectivity index (χ2n) is 1.86. The van der Waals surface area contributed by atoms with Gasteiger partial charge in [-0.3, -0.25) is 0 Å². The Kier molecular flexibility index (Phi) is 2.52. The lowest BCUT2D eigenvalue weighted by Crippen LogP contribution is -2.04. The lowest BCUT2D eigenvalue weighted by Gasteiger charge is -2.04. The van der Waals surface area contributed by atoms with Gasteiger partial charge in [0.05, 0.1) is 0 Å². The highest BCUT2D eigenvalue weighted by Gasteiger charge is 2.12. The van der Waals surface area contributed by atoms with Crippen LogP contribution in [0.25, 0.3) is 0 Å². The SMILES string of the molecule is Fc1c[c]cc(OC(F)F)c1F. The van der Waals surface area contributed by atoms with Crippen LogP contribution in [-0.4, -0.2) is 6.61 Å². The van der Waals surface area contributed by atoms with E-state index in [2.05, 4.69) is 10.8 Å². The summed E-state index contributed by atoms with van der Waals surface area (Å²) < 4.78 is 51.5. The van der Waals surface area contributed by atoms with Crippen LogP contribution in [0.3, 0.4) is 0 Å². The van der Waals surface area contributed by atoms with Crippen molar-refractivity contribution in [3.63, 3.8) is 0 Å². The van der Waals surface area contributed by atoms with Gasteiger partial charge in [-0.2, -0.15) is 13.2 Å². The third-order valence-electron chi connectivity index (χ3n) is 1.07. The van der Waals surface area contributed by atoms with Crippen molar-refractivity contribution in [1.82, 2.24) is 0 Å². The Morgan fingerprint density at radius 1 is 1.25 bits per heavy atom. The molecule has 0 amide bonds. The molecular formula is C7H3F4O. The smallest absolute Gasteiger partial charge is 0.387 e. The first kappa shape index (κ1) is 8.83. The average molecular weight is 179 g/mol. The number of hydrogen-bond acceptors (Lipinski definition) is 1. The number of rotatable bonds is 2. The minimum absolute atomic E-state index is 0.688. The molecule has 0 spiro atoms. The van der Waals surface area contributed by atoms with Crippen molar-refractivity contribution < 1.29 is 22.3 Å². The minimum Gasteiger partial charge on any atom is -0.432 e. The molecular weight excluding hydrogens is 176 g/mol. The van der Waals surface area contributed by atoms with E-state index in [0.717, 1.165) is 6.07 Å². The van der Waals surface area contributed by atoms with Crippen molar-refractivity contribution >= 4 is 0 Å². The zero-order valence-corrected chi connectivity index (χ0v) is 5.65. The molecule has 1 rings (SSSR count). The first-order valence-electron chi connectivity index (χ1n) is 2.91. The van der Waals surface area contributed by atoms with Gasteiger partial charge in [0.2, 0.25) is 5.82 Å². The molecule has 0 aliphatic heterocycles. The highest BCUT2D eigenvalue weighted by Crippen LogP contribution is 2.20. The van der Waals surface area contributed by atoms with Crippen LogP contribution >= 0.6 is 0 Å². The molecule has 0 saturated carbocycles. The van der Waals surface area contributed by atoms with E-state index in [1.165, 1.54) is 0 Å². The third-order valence-corrected chi connectivity index (χ3v) is 1.07. The number of benzene rings is 1. The zero-order chi connectivity index (χ0) is 9.14. The van der Waals surface area contributed by atoms with Crippen LogP contribution in [0.5, 0.6) is 5.75 Å². The van der Waals surface area contributed by atoms with Gasteiger partial charge in [-0.15, -0.1) is 0 Å². The molecule has 0 saturated heterocycles. The lowest BCUT2D eigenvalue weighted by atomic mass is 10.3. The maximum atomic E-state index is 12.5. The van der Waals surface area contributed by atoms with Crippen LogP contribution in [0.2, 0.25) is 0 Å². The number of hydrogen-bond donors (Lipinski definition) is 0. The van der Waals surface area contributed by atoms with Gasteiger partial charge in [0, 0.05) is 0 Å². The molecule has 65 valence electrons. The van der Waals surface area contributed by atoms with Crippen LogP contribution in [-0.2, 0) is 0 Å². The van der Waals surface area contributed by atoms with Gasteiger partial charge in [0.25, 0.3) is 0 Å². The van der Waals surface area contributed by atoms with E-state index in [-0.39, 0.29) is 0 Å². The molecule has 1 nitrogen and oxygen atoms in total. The zero-order valence-electron chi connectivity index (χ0n) is 5.65. The molecule has 1 radical (unpaired) electrons. The summed E-state index contributed by atoms with van der Waals surface area (Å²) in [7, 11) is 0. The topological polar surface area (TPSA) is 9.23 Å². The van der Waals surface area contributed by atoms with Gasteiger partial charge in [0.1, 0.15) is 0 Å². The Hall–Kier alpha value is -1.26. The van der Waals surface area contributed by atoms with Crippen molar-refractivity contribution in [2.75, 3.05) is 0 Å². The van der Waals surface area contributed by atoms with Crippen molar-refractivity contribution in [3.05, 3.63) is 29.8 Å². The molecule has 0 heterocycles. The summed E-state index contributed by atoms with van der Waals surface area (Å²) in [6.07, 6.45) is 0. The number of alkyl halides is 2. The largest absolute Gasteiger partial charge is 0.432 e. The maximum absolute atomic E-state index is 12.5. The van der Waals surface area contributed by atoms with Crippen molar-refractivity contribution in [3.8, 4) is 5.75 Å². The fourth-order valence-electron chi connectivity index (χ4n) is 0.617.